The highest BCUT2D eigenvalue weighted by molar-refractivity contribution is 7.94. The number of rotatable bonds is 4. The van der Waals surface area contributed by atoms with Crippen LogP contribution in [-0.4, -0.2) is 30.2 Å². The van der Waals surface area contributed by atoms with Crippen molar-refractivity contribution >= 4 is 44.5 Å². The van der Waals surface area contributed by atoms with Gasteiger partial charge in [-0.15, -0.1) is 0 Å². The van der Waals surface area contributed by atoms with E-state index in [1.807, 2.05) is 60.4 Å². The molecule has 7 heteroatoms. The Kier molecular flexibility index (Phi) is 5.65. The minimum Gasteiger partial charge on any atom is -0.337 e. The number of halogens is 1. The second-order valence-electron chi connectivity index (χ2n) is 6.23. The molecule has 4 nitrogen and oxygen atoms in total. The van der Waals surface area contributed by atoms with E-state index in [2.05, 4.69) is 5.32 Å². The average Bonchev–Trinajstić information content (AvgIpc) is 2.96. The van der Waals surface area contributed by atoms with Crippen LogP contribution in [0.2, 0.25) is 5.02 Å². The third kappa shape index (κ3) is 4.63. The Bertz CT molecular complexity index is 943. The van der Waals surface area contributed by atoms with E-state index >= 15 is 0 Å². The van der Waals surface area contributed by atoms with Crippen LogP contribution < -0.4 is 5.32 Å². The maximum atomic E-state index is 11.9. The average molecular weight is 407 g/mol. The van der Waals surface area contributed by atoms with E-state index in [1.54, 1.807) is 6.08 Å². The summed E-state index contributed by atoms with van der Waals surface area (Å²) < 4.78 is 23.7. The fraction of sp³-hybridized carbons (Fsp3) is 0.211. The summed E-state index contributed by atoms with van der Waals surface area (Å²) in [5.74, 6) is 0.0241. The number of hydrogen-bond acceptors (Lipinski definition) is 3. The molecule has 0 aliphatic carbocycles. The van der Waals surface area contributed by atoms with Crippen molar-refractivity contribution < 1.29 is 8.42 Å². The molecule has 1 aliphatic rings. The fourth-order valence-corrected chi connectivity index (χ4v) is 4.54. The van der Waals surface area contributed by atoms with Gasteiger partial charge in [0.05, 0.1) is 11.8 Å². The van der Waals surface area contributed by atoms with E-state index in [0.29, 0.717) is 16.7 Å². The van der Waals surface area contributed by atoms with Crippen molar-refractivity contribution in [1.29, 1.82) is 0 Å². The number of hydrogen-bond donors (Lipinski definition) is 1. The summed E-state index contributed by atoms with van der Waals surface area (Å²) in [6.07, 6.45) is 1.69. The van der Waals surface area contributed by atoms with E-state index in [1.165, 1.54) is 5.41 Å². The number of aryl methyl sites for hydroxylation is 1. The first-order valence-electron chi connectivity index (χ1n) is 8.13. The smallest absolute Gasteiger partial charge is 0.174 e. The molecule has 2 aromatic carbocycles. The SMILES string of the molecule is Cc1ccc(NC(=S)N(Cc2ccccc2)[C@@H]2C=CS(=O)(=O)C2)cc1Cl. The van der Waals surface area contributed by atoms with E-state index in [0.717, 1.165) is 16.8 Å². The first-order valence-corrected chi connectivity index (χ1v) is 10.6. The molecule has 0 unspecified atom stereocenters. The lowest BCUT2D eigenvalue weighted by molar-refractivity contribution is 0.380. The summed E-state index contributed by atoms with van der Waals surface area (Å²) in [6, 6.07) is 15.1. The van der Waals surface area contributed by atoms with Gasteiger partial charge in [-0.05, 0) is 48.5 Å². The zero-order valence-corrected chi connectivity index (χ0v) is 16.6. The zero-order chi connectivity index (χ0) is 18.7. The highest BCUT2D eigenvalue weighted by Crippen LogP contribution is 2.22. The number of thiocarbonyl (C=S) groups is 1. The molecule has 0 radical (unpaired) electrons. The van der Waals surface area contributed by atoms with Crippen molar-refractivity contribution in [3.8, 4) is 0 Å². The Morgan fingerprint density at radius 3 is 2.62 bits per heavy atom. The van der Waals surface area contributed by atoms with Gasteiger partial charge in [0.1, 0.15) is 0 Å². The largest absolute Gasteiger partial charge is 0.337 e. The van der Waals surface area contributed by atoms with Crippen LogP contribution in [0.15, 0.2) is 60.0 Å². The number of benzene rings is 2. The Morgan fingerprint density at radius 1 is 1.27 bits per heavy atom. The first kappa shape index (κ1) is 18.9. The number of sulfone groups is 1. The van der Waals surface area contributed by atoms with Crippen molar-refractivity contribution in [3.05, 3.63) is 76.2 Å². The van der Waals surface area contributed by atoms with Gasteiger partial charge in [0.2, 0.25) is 0 Å². The summed E-state index contributed by atoms with van der Waals surface area (Å²) in [5.41, 5.74) is 2.80. The maximum Gasteiger partial charge on any atom is 0.174 e. The van der Waals surface area contributed by atoms with Crippen LogP contribution >= 0.6 is 23.8 Å². The van der Waals surface area contributed by atoms with Gasteiger partial charge in [-0.3, -0.25) is 0 Å². The first-order chi connectivity index (χ1) is 12.3. The molecule has 2 aromatic rings. The van der Waals surface area contributed by atoms with Gasteiger partial charge in [-0.1, -0.05) is 48.0 Å². The van der Waals surface area contributed by atoms with Gasteiger partial charge < -0.3 is 10.2 Å². The third-order valence-electron chi connectivity index (χ3n) is 4.19. The monoisotopic (exact) mass is 406 g/mol. The highest BCUT2D eigenvalue weighted by atomic mass is 35.5. The van der Waals surface area contributed by atoms with Gasteiger partial charge in [0.15, 0.2) is 14.9 Å². The van der Waals surface area contributed by atoms with Crippen LogP contribution in [0.5, 0.6) is 0 Å². The molecule has 1 N–H and O–H groups in total. The zero-order valence-electron chi connectivity index (χ0n) is 14.2. The normalized spacial score (nSPS) is 17.8. The van der Waals surface area contributed by atoms with E-state index in [4.69, 9.17) is 23.8 Å². The highest BCUT2D eigenvalue weighted by Gasteiger charge is 2.29. The van der Waals surface area contributed by atoms with Crippen molar-refractivity contribution in [1.82, 2.24) is 4.90 Å². The Labute approximate surface area is 164 Å². The van der Waals surface area contributed by atoms with Crippen LogP contribution in [-0.2, 0) is 16.4 Å². The summed E-state index contributed by atoms with van der Waals surface area (Å²) in [7, 11) is -3.18. The molecule has 1 atom stereocenters. The molecular weight excluding hydrogens is 388 g/mol. The second kappa shape index (κ2) is 7.78. The molecule has 0 saturated carbocycles. The number of nitrogens with zero attached hydrogens (tertiary/aromatic N) is 1. The predicted molar refractivity (Wildman–Crippen MR) is 111 cm³/mol. The van der Waals surface area contributed by atoms with E-state index in [9.17, 15) is 8.42 Å². The lowest BCUT2D eigenvalue weighted by Crippen LogP contribution is -2.42. The molecule has 26 heavy (non-hydrogen) atoms. The fourth-order valence-electron chi connectivity index (χ4n) is 2.74. The summed E-state index contributed by atoms with van der Waals surface area (Å²) in [6.45, 7) is 2.44. The van der Waals surface area contributed by atoms with Crippen molar-refractivity contribution in [2.75, 3.05) is 11.1 Å². The minimum atomic E-state index is -3.18. The quantitative estimate of drug-likeness (QED) is 0.772. The van der Waals surface area contributed by atoms with Crippen LogP contribution in [0.25, 0.3) is 0 Å². The van der Waals surface area contributed by atoms with Crippen LogP contribution in [0.4, 0.5) is 5.69 Å². The van der Waals surface area contributed by atoms with Gasteiger partial charge in [0, 0.05) is 22.7 Å². The molecular formula is C19H19ClN2O2S2. The summed E-state index contributed by atoms with van der Waals surface area (Å²) in [5, 5.41) is 5.55. The minimum absolute atomic E-state index is 0.0241. The van der Waals surface area contributed by atoms with Crippen molar-refractivity contribution in [2.24, 2.45) is 0 Å². The molecule has 1 aliphatic heterocycles. The number of anilines is 1. The van der Waals surface area contributed by atoms with E-state index in [-0.39, 0.29) is 11.8 Å². The summed E-state index contributed by atoms with van der Waals surface area (Å²) >= 11 is 11.8. The second-order valence-corrected chi connectivity index (χ2v) is 8.96. The van der Waals surface area contributed by atoms with Crippen LogP contribution in [0.1, 0.15) is 11.1 Å². The topological polar surface area (TPSA) is 49.4 Å². The molecule has 0 saturated heterocycles. The molecule has 1 heterocycles. The molecule has 3 rings (SSSR count). The van der Waals surface area contributed by atoms with Gasteiger partial charge >= 0.3 is 0 Å². The lowest BCUT2D eigenvalue weighted by atomic mass is 10.2. The Hall–Kier alpha value is -1.89. The molecule has 0 amide bonds. The molecule has 0 aromatic heterocycles. The van der Waals surface area contributed by atoms with Gasteiger partial charge in [-0.25, -0.2) is 8.42 Å². The van der Waals surface area contributed by atoms with Crippen molar-refractivity contribution in [3.63, 3.8) is 0 Å². The maximum absolute atomic E-state index is 11.9. The van der Waals surface area contributed by atoms with Crippen molar-refractivity contribution in [2.45, 2.75) is 19.5 Å². The molecule has 0 fully saturated rings. The lowest BCUT2D eigenvalue weighted by Gasteiger charge is -2.30. The van der Waals surface area contributed by atoms with Crippen LogP contribution in [0, 0.1) is 6.92 Å². The standard InChI is InChI=1S/C19H19ClN2O2S2/c1-14-7-8-16(11-18(14)20)21-19(25)22(12-15-5-3-2-4-6-15)17-9-10-26(23,24)13-17/h2-11,17H,12-13H2,1H3,(H,21,25)/t17-/m1/s1. The predicted octanol–water partition coefficient (Wildman–Crippen LogP) is 4.16. The third-order valence-corrected chi connectivity index (χ3v) is 6.31. The Morgan fingerprint density at radius 2 is 2.00 bits per heavy atom. The molecule has 0 spiro atoms. The van der Waals surface area contributed by atoms with Gasteiger partial charge in [-0.2, -0.15) is 0 Å². The molecule has 0 bridgehead atoms. The van der Waals surface area contributed by atoms with E-state index < -0.39 is 9.84 Å². The summed E-state index contributed by atoms with van der Waals surface area (Å²) in [4.78, 5) is 1.89. The number of nitrogens with one attached hydrogen (secondary N) is 1. The van der Waals surface area contributed by atoms with Gasteiger partial charge in [0.25, 0.3) is 0 Å². The molecule has 136 valence electrons. The Balaban J connectivity index is 1.83. The van der Waals surface area contributed by atoms with Crippen LogP contribution in [0.3, 0.4) is 0 Å².